The minimum absolute atomic E-state index is 0.192. The zero-order valence-electron chi connectivity index (χ0n) is 6.28. The predicted molar refractivity (Wildman–Crippen MR) is 41.0 cm³/mol. The lowest BCUT2D eigenvalue weighted by Crippen LogP contribution is -2.00. The van der Waals surface area contributed by atoms with Crippen LogP contribution in [0.15, 0.2) is 23.1 Å². The molecule has 0 aliphatic heterocycles. The first-order valence-corrected chi connectivity index (χ1v) is 4.59. The number of hydrogen-bond acceptors (Lipinski definition) is 2. The van der Waals surface area contributed by atoms with Crippen LogP contribution in [0.1, 0.15) is 5.56 Å². The number of rotatable bonds is 1. The first kappa shape index (κ1) is 9.15. The molecule has 5 heteroatoms. The van der Waals surface area contributed by atoms with E-state index in [1.165, 1.54) is 6.92 Å². The van der Waals surface area contributed by atoms with Gasteiger partial charge in [-0.1, -0.05) is 0 Å². The van der Waals surface area contributed by atoms with Crippen molar-refractivity contribution < 1.29 is 17.4 Å². The Hall–Kier alpha value is -0.940. The maximum Gasteiger partial charge on any atom is 0.294 e. The van der Waals surface area contributed by atoms with Crippen LogP contribution in [0.25, 0.3) is 0 Å². The maximum atomic E-state index is 12.5. The monoisotopic (exact) mass is 190 g/mol. The summed E-state index contributed by atoms with van der Waals surface area (Å²) in [5, 5.41) is 0. The van der Waals surface area contributed by atoms with Gasteiger partial charge in [0.25, 0.3) is 10.1 Å². The summed E-state index contributed by atoms with van der Waals surface area (Å²) in [6, 6.07) is 3.05. The number of aryl methyl sites for hydroxylation is 1. The molecule has 0 aliphatic carbocycles. The quantitative estimate of drug-likeness (QED) is 0.680. The molecule has 0 saturated heterocycles. The van der Waals surface area contributed by atoms with Crippen molar-refractivity contribution in [3.8, 4) is 0 Å². The van der Waals surface area contributed by atoms with Crippen molar-refractivity contribution in [3.63, 3.8) is 0 Å². The fourth-order valence-electron chi connectivity index (χ4n) is 0.902. The Balaban J connectivity index is 3.39. The van der Waals surface area contributed by atoms with Crippen LogP contribution in [0.2, 0.25) is 0 Å². The molecular formula is C7H7FO3S. The third-order valence-corrected chi connectivity index (χ3v) is 2.43. The van der Waals surface area contributed by atoms with Crippen molar-refractivity contribution in [2.45, 2.75) is 11.8 Å². The molecule has 1 aromatic rings. The lowest BCUT2D eigenvalue weighted by Gasteiger charge is -2.00. The summed E-state index contributed by atoms with van der Waals surface area (Å²) in [6.45, 7) is 1.41. The van der Waals surface area contributed by atoms with Crippen molar-refractivity contribution in [1.29, 1.82) is 0 Å². The molecule has 0 heterocycles. The van der Waals surface area contributed by atoms with Gasteiger partial charge < -0.3 is 0 Å². The van der Waals surface area contributed by atoms with Gasteiger partial charge in [0.05, 0.1) is 4.90 Å². The second-order valence-electron chi connectivity index (χ2n) is 2.38. The third kappa shape index (κ3) is 1.80. The Morgan fingerprint density at radius 2 is 2.00 bits per heavy atom. The van der Waals surface area contributed by atoms with E-state index in [1.54, 1.807) is 0 Å². The van der Waals surface area contributed by atoms with Gasteiger partial charge in [0.2, 0.25) is 0 Å². The molecule has 1 aromatic carbocycles. The van der Waals surface area contributed by atoms with Crippen molar-refractivity contribution in [2.24, 2.45) is 0 Å². The first-order chi connectivity index (χ1) is 5.41. The van der Waals surface area contributed by atoms with Gasteiger partial charge in [0.1, 0.15) is 5.82 Å². The average Bonchev–Trinajstić information content (AvgIpc) is 1.83. The Morgan fingerprint density at radius 3 is 2.42 bits per heavy atom. The second-order valence-corrected chi connectivity index (χ2v) is 3.77. The van der Waals surface area contributed by atoms with Crippen LogP contribution in [-0.4, -0.2) is 13.0 Å². The fraction of sp³-hybridized carbons (Fsp3) is 0.143. The van der Waals surface area contributed by atoms with E-state index in [0.717, 1.165) is 18.2 Å². The normalized spacial score (nSPS) is 11.6. The molecule has 0 unspecified atom stereocenters. The predicted octanol–water partition coefficient (Wildman–Crippen LogP) is 1.38. The van der Waals surface area contributed by atoms with E-state index < -0.39 is 15.9 Å². The lowest BCUT2D eigenvalue weighted by molar-refractivity contribution is 0.482. The highest BCUT2D eigenvalue weighted by Crippen LogP contribution is 2.15. The van der Waals surface area contributed by atoms with E-state index >= 15 is 0 Å². The molecule has 3 nitrogen and oxygen atoms in total. The van der Waals surface area contributed by atoms with E-state index in [2.05, 4.69) is 0 Å². The van der Waals surface area contributed by atoms with E-state index in [-0.39, 0.29) is 10.5 Å². The van der Waals surface area contributed by atoms with Gasteiger partial charge in [-0.25, -0.2) is 4.39 Å². The van der Waals surface area contributed by atoms with E-state index in [1.807, 2.05) is 0 Å². The van der Waals surface area contributed by atoms with Gasteiger partial charge >= 0.3 is 0 Å². The molecule has 66 valence electrons. The van der Waals surface area contributed by atoms with Gasteiger partial charge in [-0.3, -0.25) is 4.55 Å². The van der Waals surface area contributed by atoms with Crippen molar-refractivity contribution in [2.75, 3.05) is 0 Å². The number of hydrogen-bond donors (Lipinski definition) is 1. The summed E-state index contributed by atoms with van der Waals surface area (Å²) in [7, 11) is -4.22. The highest BCUT2D eigenvalue weighted by atomic mass is 32.2. The van der Waals surface area contributed by atoms with Gasteiger partial charge in [-0.05, 0) is 30.7 Å². The Morgan fingerprint density at radius 1 is 1.42 bits per heavy atom. The van der Waals surface area contributed by atoms with Crippen molar-refractivity contribution in [3.05, 3.63) is 29.6 Å². The van der Waals surface area contributed by atoms with Crippen LogP contribution in [0.5, 0.6) is 0 Å². The summed E-state index contributed by atoms with van der Waals surface area (Å²) in [6.07, 6.45) is 0. The summed E-state index contributed by atoms with van der Waals surface area (Å²) >= 11 is 0. The molecule has 0 amide bonds. The maximum absolute atomic E-state index is 12.5. The average molecular weight is 190 g/mol. The summed E-state index contributed by atoms with van der Waals surface area (Å²) in [5.74, 6) is -0.528. The molecule has 1 rings (SSSR count). The van der Waals surface area contributed by atoms with Crippen LogP contribution in [-0.2, 0) is 10.1 Å². The molecule has 0 spiro atoms. The summed E-state index contributed by atoms with van der Waals surface area (Å²) < 4.78 is 42.3. The molecule has 0 aliphatic rings. The van der Waals surface area contributed by atoms with Gasteiger partial charge in [0, 0.05) is 0 Å². The Kier molecular flexibility index (Phi) is 2.16. The summed E-state index contributed by atoms with van der Waals surface area (Å²) in [5.41, 5.74) is 0.192. The van der Waals surface area contributed by atoms with Gasteiger partial charge in [-0.2, -0.15) is 8.42 Å². The van der Waals surface area contributed by atoms with Crippen LogP contribution in [0, 0.1) is 12.7 Å². The van der Waals surface area contributed by atoms with Crippen LogP contribution < -0.4 is 0 Å². The van der Waals surface area contributed by atoms with E-state index in [4.69, 9.17) is 4.55 Å². The Labute approximate surface area is 69.6 Å². The molecular weight excluding hydrogens is 183 g/mol. The Bertz CT molecular complexity index is 397. The highest BCUT2D eigenvalue weighted by Gasteiger charge is 2.12. The zero-order chi connectivity index (χ0) is 9.35. The molecule has 0 atom stereocenters. The fourth-order valence-corrected chi connectivity index (χ4v) is 1.61. The largest absolute Gasteiger partial charge is 0.294 e. The molecule has 12 heavy (non-hydrogen) atoms. The number of halogens is 1. The molecule has 0 radical (unpaired) electrons. The minimum atomic E-state index is -4.22. The minimum Gasteiger partial charge on any atom is -0.282 e. The third-order valence-electron chi connectivity index (χ3n) is 1.41. The summed E-state index contributed by atoms with van der Waals surface area (Å²) in [4.78, 5) is -0.260. The standard InChI is InChI=1S/C7H7FO3S/c1-5-4-6(8)2-3-7(5)12(9,10)11/h2-4H,1H3,(H,9,10,11). The van der Waals surface area contributed by atoms with Gasteiger partial charge in [0.15, 0.2) is 0 Å². The molecule has 0 saturated carbocycles. The zero-order valence-corrected chi connectivity index (χ0v) is 7.10. The molecule has 0 bridgehead atoms. The smallest absolute Gasteiger partial charge is 0.282 e. The first-order valence-electron chi connectivity index (χ1n) is 3.15. The molecule has 0 aromatic heterocycles. The number of benzene rings is 1. The second kappa shape index (κ2) is 2.84. The van der Waals surface area contributed by atoms with Crippen LogP contribution in [0.3, 0.4) is 0 Å². The van der Waals surface area contributed by atoms with Gasteiger partial charge in [-0.15, -0.1) is 0 Å². The molecule has 0 fully saturated rings. The van der Waals surface area contributed by atoms with Crippen LogP contribution >= 0.6 is 0 Å². The lowest BCUT2D eigenvalue weighted by atomic mass is 10.2. The highest BCUT2D eigenvalue weighted by molar-refractivity contribution is 7.85. The van der Waals surface area contributed by atoms with Crippen LogP contribution in [0.4, 0.5) is 4.39 Å². The van der Waals surface area contributed by atoms with E-state index in [9.17, 15) is 12.8 Å². The topological polar surface area (TPSA) is 54.4 Å². The van der Waals surface area contributed by atoms with Crippen molar-refractivity contribution in [1.82, 2.24) is 0 Å². The SMILES string of the molecule is Cc1cc(F)ccc1S(=O)(=O)O. The van der Waals surface area contributed by atoms with E-state index in [0.29, 0.717) is 0 Å². The van der Waals surface area contributed by atoms with Crippen molar-refractivity contribution >= 4 is 10.1 Å². The molecule has 1 N–H and O–H groups in total.